The first-order valence-corrected chi connectivity index (χ1v) is 12.3. The van der Waals surface area contributed by atoms with E-state index in [1.54, 1.807) is 6.07 Å². The maximum absolute atomic E-state index is 10.9. The molecule has 180 valence electrons. The first-order valence-electron chi connectivity index (χ1n) is 12.3. The van der Waals surface area contributed by atoms with Crippen molar-refractivity contribution in [2.45, 2.75) is 0 Å². The van der Waals surface area contributed by atoms with E-state index in [9.17, 15) is 5.11 Å². The molecule has 0 spiro atoms. The lowest BCUT2D eigenvalue weighted by Gasteiger charge is -2.08. The second kappa shape index (κ2) is 7.82. The van der Waals surface area contributed by atoms with Gasteiger partial charge in [0.25, 0.3) is 0 Å². The summed E-state index contributed by atoms with van der Waals surface area (Å²) in [5.41, 5.74) is 6.94. The Morgan fingerprint density at radius 1 is 0.553 bits per heavy atom. The van der Waals surface area contributed by atoms with Gasteiger partial charge >= 0.3 is 0 Å². The number of aromatic hydroxyl groups is 1. The molecule has 0 radical (unpaired) electrons. The van der Waals surface area contributed by atoms with Gasteiger partial charge in [0.15, 0.2) is 22.7 Å². The number of nitrogens with zero attached hydrogens (tertiary/aromatic N) is 3. The van der Waals surface area contributed by atoms with E-state index in [0.29, 0.717) is 28.4 Å². The summed E-state index contributed by atoms with van der Waals surface area (Å²) in [6, 6.07) is 34.8. The van der Waals surface area contributed by atoms with Gasteiger partial charge in [-0.2, -0.15) is 0 Å². The molecule has 8 rings (SSSR count). The van der Waals surface area contributed by atoms with Crippen LogP contribution in [-0.2, 0) is 0 Å². The third kappa shape index (κ3) is 3.07. The van der Waals surface area contributed by atoms with Gasteiger partial charge in [0, 0.05) is 10.8 Å². The normalized spacial score (nSPS) is 11.8. The number of rotatable bonds is 1. The second-order valence-electron chi connectivity index (χ2n) is 9.24. The van der Waals surface area contributed by atoms with Crippen LogP contribution in [0.3, 0.4) is 0 Å². The van der Waals surface area contributed by atoms with Crippen LogP contribution >= 0.6 is 0 Å². The van der Waals surface area contributed by atoms with Crippen molar-refractivity contribution >= 4 is 44.0 Å². The highest BCUT2D eigenvalue weighted by atomic mass is 16.3. The standard InChI is InChI=1S/C32H19N3O3/c36-28-10-4-3-9-27(28)35-25-15-13-23-31(37-29-11-5-1-7-21(29)33-23)17-19(25)20-18-32-24(14-16-26(20)35)34-22-8-2-6-12-30(22)38-32/h1-18,36H. The fourth-order valence-corrected chi connectivity index (χ4v) is 5.20. The summed E-state index contributed by atoms with van der Waals surface area (Å²) in [7, 11) is 0. The summed E-state index contributed by atoms with van der Waals surface area (Å²) in [4.78, 5) is 9.67. The van der Waals surface area contributed by atoms with Crippen molar-refractivity contribution in [3.63, 3.8) is 0 Å². The Morgan fingerprint density at radius 2 is 1.05 bits per heavy atom. The number of para-hydroxylation sites is 6. The Kier molecular flexibility index (Phi) is 4.28. The van der Waals surface area contributed by atoms with Crippen molar-refractivity contribution in [2.24, 2.45) is 0 Å². The molecule has 3 aromatic carbocycles. The molecule has 38 heavy (non-hydrogen) atoms. The lowest BCUT2D eigenvalue weighted by Crippen LogP contribution is -1.93. The molecular weight excluding hydrogens is 474 g/mol. The third-order valence-electron chi connectivity index (χ3n) is 6.95. The van der Waals surface area contributed by atoms with Crippen LogP contribution in [-0.4, -0.2) is 19.6 Å². The van der Waals surface area contributed by atoms with Crippen LogP contribution in [0.4, 0.5) is 0 Å². The molecule has 2 aliphatic heterocycles. The zero-order valence-corrected chi connectivity index (χ0v) is 20.0. The van der Waals surface area contributed by atoms with E-state index in [0.717, 1.165) is 44.2 Å². The maximum atomic E-state index is 10.9. The van der Waals surface area contributed by atoms with E-state index < -0.39 is 0 Å². The zero-order valence-electron chi connectivity index (χ0n) is 20.0. The second-order valence-corrected chi connectivity index (χ2v) is 9.24. The highest BCUT2D eigenvalue weighted by Gasteiger charge is 2.19. The minimum Gasteiger partial charge on any atom is -0.506 e. The molecule has 0 saturated heterocycles. The summed E-state index contributed by atoms with van der Waals surface area (Å²) in [5.74, 6) is 1.50. The third-order valence-corrected chi connectivity index (χ3v) is 6.95. The van der Waals surface area contributed by atoms with Gasteiger partial charge in [0.2, 0.25) is 0 Å². The van der Waals surface area contributed by atoms with Crippen LogP contribution in [0.1, 0.15) is 0 Å². The van der Waals surface area contributed by atoms with Crippen LogP contribution < -0.4 is 0 Å². The summed E-state index contributed by atoms with van der Waals surface area (Å²) >= 11 is 0. The van der Waals surface area contributed by atoms with Gasteiger partial charge in [-0.25, -0.2) is 9.97 Å². The topological polar surface area (TPSA) is 77.2 Å². The highest BCUT2D eigenvalue weighted by Crippen LogP contribution is 2.39. The highest BCUT2D eigenvalue weighted by molar-refractivity contribution is 6.11. The Hall–Kier alpha value is -5.36. The lowest BCUT2D eigenvalue weighted by molar-refractivity contribution is 0.473. The molecule has 0 atom stereocenters. The predicted molar refractivity (Wildman–Crippen MR) is 148 cm³/mol. The van der Waals surface area contributed by atoms with Gasteiger partial charge in [-0.05, 0) is 72.8 Å². The van der Waals surface area contributed by atoms with Gasteiger partial charge in [0.05, 0.1) is 16.7 Å². The quantitative estimate of drug-likeness (QED) is 0.250. The number of aromatic nitrogens is 3. The largest absolute Gasteiger partial charge is 0.506 e. The van der Waals surface area contributed by atoms with Crippen molar-refractivity contribution in [1.29, 1.82) is 0 Å². The van der Waals surface area contributed by atoms with E-state index in [-0.39, 0.29) is 5.75 Å². The van der Waals surface area contributed by atoms with Gasteiger partial charge in [-0.1, -0.05) is 36.4 Å². The molecule has 4 aromatic rings. The monoisotopic (exact) mass is 493 g/mol. The molecule has 1 N–H and O–H groups in total. The molecule has 0 amide bonds. The van der Waals surface area contributed by atoms with E-state index in [1.165, 1.54) is 0 Å². The van der Waals surface area contributed by atoms with Crippen molar-refractivity contribution in [3.05, 3.63) is 109 Å². The fourth-order valence-electron chi connectivity index (χ4n) is 5.20. The van der Waals surface area contributed by atoms with Crippen molar-refractivity contribution < 1.29 is 13.9 Å². The first kappa shape index (κ1) is 20.8. The molecule has 0 saturated carbocycles. The van der Waals surface area contributed by atoms with Gasteiger partial charge in [-0.3, -0.25) is 0 Å². The molecule has 2 aliphatic carbocycles. The van der Waals surface area contributed by atoms with Crippen molar-refractivity contribution in [3.8, 4) is 34.3 Å². The number of fused-ring (bicyclic) bond motifs is 7. The Bertz CT molecular complexity index is 2040. The number of hydrogen-bond acceptors (Lipinski definition) is 5. The average Bonchev–Trinajstić information content (AvgIpc) is 3.06. The molecular formula is C32H19N3O3. The Labute approximate surface area is 216 Å². The smallest absolute Gasteiger partial charge is 0.153 e. The molecule has 6 nitrogen and oxygen atoms in total. The summed E-state index contributed by atoms with van der Waals surface area (Å²) in [5, 5.41) is 12.7. The first-order chi connectivity index (χ1) is 18.7. The molecule has 6 heteroatoms. The van der Waals surface area contributed by atoms with Gasteiger partial charge < -0.3 is 18.5 Å². The number of phenolic OH excluding ortho intramolecular Hbond substituents is 1. The average molecular weight is 494 g/mol. The lowest BCUT2D eigenvalue weighted by atomic mass is 10.2. The summed E-state index contributed by atoms with van der Waals surface area (Å²) in [6.07, 6.45) is 0. The van der Waals surface area contributed by atoms with E-state index in [4.69, 9.17) is 18.8 Å². The van der Waals surface area contributed by atoms with Crippen LogP contribution in [0, 0.1) is 0 Å². The van der Waals surface area contributed by atoms with Crippen LogP contribution in [0.5, 0.6) is 5.75 Å². The molecule has 0 unspecified atom stereocenters. The predicted octanol–water partition coefficient (Wildman–Crippen LogP) is 8.11. The summed E-state index contributed by atoms with van der Waals surface area (Å²) in [6.45, 7) is 0. The molecule has 1 aromatic heterocycles. The maximum Gasteiger partial charge on any atom is 0.153 e. The molecule has 4 aliphatic rings. The van der Waals surface area contributed by atoms with E-state index in [2.05, 4.69) is 4.57 Å². The number of phenols is 1. The van der Waals surface area contributed by atoms with Gasteiger partial charge in [-0.15, -0.1) is 0 Å². The number of hydrogen-bond donors (Lipinski definition) is 1. The van der Waals surface area contributed by atoms with Crippen molar-refractivity contribution in [1.82, 2.24) is 14.5 Å². The number of benzene rings is 3. The van der Waals surface area contributed by atoms with Gasteiger partial charge in [0.1, 0.15) is 28.2 Å². The van der Waals surface area contributed by atoms with Crippen molar-refractivity contribution in [2.75, 3.05) is 0 Å². The molecule has 3 heterocycles. The minimum atomic E-state index is 0.181. The summed E-state index contributed by atoms with van der Waals surface area (Å²) < 4.78 is 14.7. The Morgan fingerprint density at radius 3 is 1.61 bits per heavy atom. The van der Waals surface area contributed by atoms with Crippen LogP contribution in [0.15, 0.2) is 118 Å². The van der Waals surface area contributed by atoms with E-state index in [1.807, 2.05) is 103 Å². The molecule has 0 fully saturated rings. The SMILES string of the molecule is Oc1ccccc1-n1c2ccc3nc4ccccc4oc-3cc2c2cc3oc4ccccc4nc-3ccc21. The molecule has 0 bridgehead atoms. The zero-order chi connectivity index (χ0) is 25.2. The van der Waals surface area contributed by atoms with Crippen LogP contribution in [0.25, 0.3) is 72.6 Å². The van der Waals surface area contributed by atoms with E-state index >= 15 is 0 Å². The fraction of sp³-hybridized carbons (Fsp3) is 0. The Balaban J connectivity index is 1.57. The minimum absolute atomic E-state index is 0.181. The van der Waals surface area contributed by atoms with Crippen LogP contribution in [0.2, 0.25) is 0 Å².